The minimum Gasteiger partial charge on any atom is -0.496 e. The van der Waals surface area contributed by atoms with Gasteiger partial charge in [-0.2, -0.15) is 0 Å². The van der Waals surface area contributed by atoms with Crippen molar-refractivity contribution in [2.75, 3.05) is 20.3 Å². The van der Waals surface area contributed by atoms with E-state index in [2.05, 4.69) is 16.7 Å². The van der Waals surface area contributed by atoms with Crippen molar-refractivity contribution in [2.24, 2.45) is 0 Å². The predicted molar refractivity (Wildman–Crippen MR) is 107 cm³/mol. The Morgan fingerprint density at radius 2 is 1.83 bits per heavy atom. The molecule has 0 spiro atoms. The Labute approximate surface area is 169 Å². The number of carbonyl (C=O) groups excluding carboxylic acids is 3. The first-order valence-corrected chi connectivity index (χ1v) is 9.52. The lowest BCUT2D eigenvalue weighted by molar-refractivity contribution is -0.147. The van der Waals surface area contributed by atoms with E-state index in [1.54, 1.807) is 24.3 Å². The molecule has 7 heteroatoms. The number of hydrogen-bond donors (Lipinski definition) is 2. The maximum Gasteiger partial charge on any atom is 0.325 e. The second-order valence-corrected chi connectivity index (χ2v) is 6.75. The fraction of sp³-hybridized carbons (Fsp3) is 0.318. The molecule has 3 rings (SSSR count). The zero-order chi connectivity index (χ0) is 20.6. The zero-order valence-corrected chi connectivity index (χ0v) is 16.3. The number of esters is 1. The maximum absolute atomic E-state index is 12.2. The first kappa shape index (κ1) is 20.4. The highest BCUT2D eigenvalue weighted by Crippen LogP contribution is 2.29. The minimum atomic E-state index is -0.688. The van der Waals surface area contributed by atoms with Crippen LogP contribution in [0.1, 0.15) is 40.4 Å². The molecule has 29 heavy (non-hydrogen) atoms. The third-order valence-corrected chi connectivity index (χ3v) is 4.81. The third-order valence-electron chi connectivity index (χ3n) is 4.81. The average Bonchev–Trinajstić information content (AvgIpc) is 2.76. The first-order valence-electron chi connectivity index (χ1n) is 9.52. The quantitative estimate of drug-likeness (QED) is 0.700. The SMILES string of the molecule is COc1ccccc1C(=O)NCC(=O)OCC(=O)N[C@@H]1CCCc2ccccc21. The van der Waals surface area contributed by atoms with Crippen LogP contribution in [0.5, 0.6) is 5.75 Å². The predicted octanol–water partition coefficient (Wildman–Crippen LogP) is 2.16. The molecule has 0 unspecified atom stereocenters. The van der Waals surface area contributed by atoms with E-state index in [0.29, 0.717) is 11.3 Å². The van der Waals surface area contributed by atoms with Gasteiger partial charge in [-0.05, 0) is 42.5 Å². The van der Waals surface area contributed by atoms with Crippen molar-refractivity contribution in [2.45, 2.75) is 25.3 Å². The molecule has 0 aromatic heterocycles. The number of amides is 2. The van der Waals surface area contributed by atoms with Crippen LogP contribution < -0.4 is 15.4 Å². The lowest BCUT2D eigenvalue weighted by atomic mass is 9.88. The number of ether oxygens (including phenoxy) is 2. The molecule has 152 valence electrons. The Bertz CT molecular complexity index is 896. The molecular formula is C22H24N2O5. The summed E-state index contributed by atoms with van der Waals surface area (Å²) in [6.45, 7) is -0.724. The molecule has 7 nitrogen and oxygen atoms in total. The van der Waals surface area contributed by atoms with Gasteiger partial charge in [0, 0.05) is 0 Å². The third kappa shape index (κ3) is 5.34. The summed E-state index contributed by atoms with van der Waals surface area (Å²) in [4.78, 5) is 36.2. The van der Waals surface area contributed by atoms with E-state index >= 15 is 0 Å². The fourth-order valence-corrected chi connectivity index (χ4v) is 3.42. The van der Waals surface area contributed by atoms with Gasteiger partial charge in [0.2, 0.25) is 0 Å². The molecule has 1 aliphatic rings. The first-order chi connectivity index (χ1) is 14.1. The second-order valence-electron chi connectivity index (χ2n) is 6.75. The minimum absolute atomic E-state index is 0.0728. The fourth-order valence-electron chi connectivity index (χ4n) is 3.42. The molecule has 2 aromatic carbocycles. The van der Waals surface area contributed by atoms with Gasteiger partial charge in [0.25, 0.3) is 11.8 Å². The van der Waals surface area contributed by atoms with E-state index in [1.165, 1.54) is 12.7 Å². The van der Waals surface area contributed by atoms with Crippen LogP contribution in [0.15, 0.2) is 48.5 Å². The average molecular weight is 396 g/mol. The maximum atomic E-state index is 12.2. The Morgan fingerprint density at radius 1 is 1.07 bits per heavy atom. The topological polar surface area (TPSA) is 93.7 Å². The van der Waals surface area contributed by atoms with E-state index in [0.717, 1.165) is 24.8 Å². The Hall–Kier alpha value is -3.35. The number of para-hydroxylation sites is 1. The summed E-state index contributed by atoms with van der Waals surface area (Å²) < 4.78 is 10.1. The van der Waals surface area contributed by atoms with Gasteiger partial charge in [-0.1, -0.05) is 36.4 Å². The van der Waals surface area contributed by atoms with Crippen LogP contribution in [0.3, 0.4) is 0 Å². The smallest absolute Gasteiger partial charge is 0.325 e. The number of carbonyl (C=O) groups is 3. The van der Waals surface area contributed by atoms with Crippen LogP contribution in [0.4, 0.5) is 0 Å². The van der Waals surface area contributed by atoms with Crippen LogP contribution in [-0.2, 0) is 20.7 Å². The monoisotopic (exact) mass is 396 g/mol. The van der Waals surface area contributed by atoms with Gasteiger partial charge in [-0.15, -0.1) is 0 Å². The van der Waals surface area contributed by atoms with Crippen LogP contribution in [0.25, 0.3) is 0 Å². The van der Waals surface area contributed by atoms with Gasteiger partial charge in [0.15, 0.2) is 6.61 Å². The molecule has 0 radical (unpaired) electrons. The molecule has 0 heterocycles. The Balaban J connectivity index is 1.44. The van der Waals surface area contributed by atoms with E-state index in [4.69, 9.17) is 9.47 Å². The summed E-state index contributed by atoms with van der Waals surface area (Å²) in [7, 11) is 1.46. The summed E-state index contributed by atoms with van der Waals surface area (Å²) in [5, 5.41) is 5.38. The molecular weight excluding hydrogens is 372 g/mol. The summed E-state index contributed by atoms with van der Waals surface area (Å²) in [6.07, 6.45) is 2.85. The summed E-state index contributed by atoms with van der Waals surface area (Å²) >= 11 is 0. The molecule has 0 fully saturated rings. The summed E-state index contributed by atoms with van der Waals surface area (Å²) in [6, 6.07) is 14.6. The number of nitrogens with one attached hydrogen (secondary N) is 2. The molecule has 0 saturated carbocycles. The highest BCUT2D eigenvalue weighted by atomic mass is 16.5. The number of benzene rings is 2. The standard InChI is InChI=1S/C22H24N2O5/c1-28-19-12-5-4-10-17(19)22(27)23-13-21(26)29-14-20(25)24-18-11-6-8-15-7-2-3-9-16(15)18/h2-5,7,9-10,12,18H,6,8,11,13-14H2,1H3,(H,23,27)(H,24,25)/t18-/m1/s1. The number of hydrogen-bond acceptors (Lipinski definition) is 5. The van der Waals surface area contributed by atoms with Gasteiger partial charge >= 0.3 is 5.97 Å². The molecule has 2 aromatic rings. The van der Waals surface area contributed by atoms with Crippen LogP contribution >= 0.6 is 0 Å². The summed E-state index contributed by atoms with van der Waals surface area (Å²) in [5.41, 5.74) is 2.67. The largest absolute Gasteiger partial charge is 0.496 e. The van der Waals surface area contributed by atoms with Gasteiger partial charge in [0.1, 0.15) is 12.3 Å². The van der Waals surface area contributed by atoms with Crippen molar-refractivity contribution in [3.8, 4) is 5.75 Å². The van der Waals surface area contributed by atoms with Gasteiger partial charge in [-0.3, -0.25) is 14.4 Å². The van der Waals surface area contributed by atoms with Crippen LogP contribution in [0.2, 0.25) is 0 Å². The van der Waals surface area contributed by atoms with Crippen molar-refractivity contribution < 1.29 is 23.9 Å². The van der Waals surface area contributed by atoms with E-state index in [-0.39, 0.29) is 25.1 Å². The van der Waals surface area contributed by atoms with E-state index < -0.39 is 11.9 Å². The van der Waals surface area contributed by atoms with Gasteiger partial charge in [-0.25, -0.2) is 0 Å². The van der Waals surface area contributed by atoms with Crippen molar-refractivity contribution in [3.05, 3.63) is 65.2 Å². The second kappa shape index (κ2) is 9.73. The Kier molecular flexibility index (Phi) is 6.84. The Morgan fingerprint density at radius 3 is 2.66 bits per heavy atom. The highest BCUT2D eigenvalue weighted by molar-refractivity contribution is 5.98. The number of rotatable bonds is 7. The van der Waals surface area contributed by atoms with Gasteiger partial charge in [0.05, 0.1) is 18.7 Å². The van der Waals surface area contributed by atoms with Crippen LogP contribution in [0, 0.1) is 0 Å². The van der Waals surface area contributed by atoms with E-state index in [1.807, 2.05) is 18.2 Å². The molecule has 0 bridgehead atoms. The molecule has 2 amide bonds. The number of methoxy groups -OCH3 is 1. The number of fused-ring (bicyclic) bond motifs is 1. The molecule has 1 aliphatic carbocycles. The highest BCUT2D eigenvalue weighted by Gasteiger charge is 2.22. The lowest BCUT2D eigenvalue weighted by Crippen LogP contribution is -2.36. The molecule has 2 N–H and O–H groups in total. The lowest BCUT2D eigenvalue weighted by Gasteiger charge is -2.26. The zero-order valence-electron chi connectivity index (χ0n) is 16.3. The van der Waals surface area contributed by atoms with Crippen molar-refractivity contribution in [1.29, 1.82) is 0 Å². The van der Waals surface area contributed by atoms with Crippen molar-refractivity contribution >= 4 is 17.8 Å². The number of aryl methyl sites for hydroxylation is 1. The van der Waals surface area contributed by atoms with Crippen molar-refractivity contribution in [1.82, 2.24) is 10.6 Å². The summed E-state index contributed by atoms with van der Waals surface area (Å²) in [5.74, 6) is -1.10. The molecule has 0 saturated heterocycles. The molecule has 0 aliphatic heterocycles. The van der Waals surface area contributed by atoms with Gasteiger partial charge < -0.3 is 20.1 Å². The van der Waals surface area contributed by atoms with Crippen molar-refractivity contribution in [3.63, 3.8) is 0 Å². The van der Waals surface area contributed by atoms with Crippen LogP contribution in [-0.4, -0.2) is 38.0 Å². The normalized spacial score (nSPS) is 15.0. The molecule has 1 atom stereocenters. The van der Waals surface area contributed by atoms with E-state index in [9.17, 15) is 14.4 Å².